The Kier molecular flexibility index (Phi) is 5.16. The number of anilines is 2. The molecule has 0 atom stereocenters. The van der Waals surface area contributed by atoms with E-state index >= 15 is 0 Å². The number of primary amides is 1. The molecule has 0 saturated carbocycles. The molecular formula is C11H17ClN6O2. The number of carbonyl (C=O) groups excluding carboxylic acids is 1. The molecule has 1 aliphatic rings. The summed E-state index contributed by atoms with van der Waals surface area (Å²) in [5.74, 6) is 0.932. The lowest BCUT2D eigenvalue weighted by Gasteiger charge is -2.26. The van der Waals surface area contributed by atoms with E-state index in [0.29, 0.717) is 18.4 Å². The molecule has 0 aliphatic carbocycles. The van der Waals surface area contributed by atoms with Crippen LogP contribution in [0.3, 0.4) is 0 Å². The molecule has 0 spiro atoms. The average molecular weight is 301 g/mol. The van der Waals surface area contributed by atoms with Gasteiger partial charge in [-0.05, 0) is 30.9 Å². The summed E-state index contributed by atoms with van der Waals surface area (Å²) in [4.78, 5) is 24.9. The number of hydrogen-bond donors (Lipinski definition) is 2. The molecule has 1 saturated heterocycles. The van der Waals surface area contributed by atoms with E-state index in [1.165, 1.54) is 6.42 Å². The van der Waals surface area contributed by atoms with Gasteiger partial charge in [0.2, 0.25) is 17.2 Å². The molecule has 0 unspecified atom stereocenters. The van der Waals surface area contributed by atoms with Crippen LogP contribution in [0.2, 0.25) is 5.28 Å². The Bertz CT molecular complexity index is 466. The van der Waals surface area contributed by atoms with E-state index in [9.17, 15) is 4.79 Å². The highest BCUT2D eigenvalue weighted by Crippen LogP contribution is 2.18. The van der Waals surface area contributed by atoms with Gasteiger partial charge in [0.15, 0.2) is 0 Å². The van der Waals surface area contributed by atoms with Gasteiger partial charge in [-0.2, -0.15) is 15.0 Å². The zero-order chi connectivity index (χ0) is 14.4. The normalized spacial score (nSPS) is 14.9. The summed E-state index contributed by atoms with van der Waals surface area (Å²) in [6, 6.07) is 0. The average Bonchev–Trinajstić information content (AvgIpc) is 2.44. The summed E-state index contributed by atoms with van der Waals surface area (Å²) in [5, 5.41) is 3.05. The van der Waals surface area contributed by atoms with Crippen molar-refractivity contribution in [3.8, 4) is 0 Å². The van der Waals surface area contributed by atoms with Crippen LogP contribution in [-0.4, -0.2) is 47.3 Å². The van der Waals surface area contributed by atoms with Crippen molar-refractivity contribution in [2.75, 3.05) is 36.5 Å². The number of rotatable bonds is 5. The lowest BCUT2D eigenvalue weighted by molar-refractivity contribution is 0.161. The molecule has 110 valence electrons. The number of aromatic nitrogens is 3. The monoisotopic (exact) mass is 300 g/mol. The van der Waals surface area contributed by atoms with Gasteiger partial charge < -0.3 is 20.7 Å². The number of nitrogens with zero attached hydrogens (tertiary/aromatic N) is 4. The van der Waals surface area contributed by atoms with E-state index in [1.807, 2.05) is 0 Å². The van der Waals surface area contributed by atoms with Crippen molar-refractivity contribution >= 4 is 29.6 Å². The van der Waals surface area contributed by atoms with E-state index < -0.39 is 6.09 Å². The second kappa shape index (κ2) is 7.09. The van der Waals surface area contributed by atoms with Gasteiger partial charge in [0.1, 0.15) is 6.61 Å². The lowest BCUT2D eigenvalue weighted by Crippen LogP contribution is -2.31. The first-order chi connectivity index (χ1) is 9.65. The van der Waals surface area contributed by atoms with Crippen molar-refractivity contribution in [3.05, 3.63) is 5.28 Å². The van der Waals surface area contributed by atoms with Crippen LogP contribution < -0.4 is 16.0 Å². The van der Waals surface area contributed by atoms with E-state index in [2.05, 4.69) is 29.9 Å². The molecule has 2 heterocycles. The number of halogens is 1. The highest BCUT2D eigenvalue weighted by atomic mass is 35.5. The minimum atomic E-state index is -0.811. The first-order valence-electron chi connectivity index (χ1n) is 6.48. The Balaban J connectivity index is 1.95. The number of hydrogen-bond acceptors (Lipinski definition) is 7. The molecular weight excluding hydrogens is 284 g/mol. The van der Waals surface area contributed by atoms with Gasteiger partial charge in [-0.25, -0.2) is 4.79 Å². The SMILES string of the molecule is NC(=O)OCCNc1nc(Cl)nc(N2CCCCC2)n1. The van der Waals surface area contributed by atoms with Gasteiger partial charge >= 0.3 is 6.09 Å². The van der Waals surface area contributed by atoms with Crippen LogP contribution in [0.15, 0.2) is 0 Å². The number of amides is 1. The zero-order valence-corrected chi connectivity index (χ0v) is 11.8. The van der Waals surface area contributed by atoms with Gasteiger partial charge in [-0.3, -0.25) is 0 Å². The van der Waals surface area contributed by atoms with Crippen LogP contribution in [0.5, 0.6) is 0 Å². The summed E-state index contributed by atoms with van der Waals surface area (Å²) in [7, 11) is 0. The molecule has 20 heavy (non-hydrogen) atoms. The van der Waals surface area contributed by atoms with Crippen LogP contribution >= 0.6 is 11.6 Å². The van der Waals surface area contributed by atoms with E-state index in [-0.39, 0.29) is 11.9 Å². The summed E-state index contributed by atoms with van der Waals surface area (Å²) in [5.41, 5.74) is 4.86. The molecule has 2 rings (SSSR count). The molecule has 0 aromatic carbocycles. The number of piperidine rings is 1. The predicted octanol–water partition coefficient (Wildman–Crippen LogP) is 1.02. The molecule has 3 N–H and O–H groups in total. The molecule has 1 aliphatic heterocycles. The maximum absolute atomic E-state index is 10.4. The second-order valence-electron chi connectivity index (χ2n) is 4.37. The van der Waals surface area contributed by atoms with E-state index in [4.69, 9.17) is 17.3 Å². The van der Waals surface area contributed by atoms with Crippen molar-refractivity contribution in [2.24, 2.45) is 5.73 Å². The first-order valence-corrected chi connectivity index (χ1v) is 6.85. The highest BCUT2D eigenvalue weighted by Gasteiger charge is 2.15. The standard InChI is InChI=1S/C11H17ClN6O2/c12-8-15-10(14-4-7-20-9(13)19)17-11(16-8)18-5-2-1-3-6-18/h1-7H2,(H2,13,19)(H,14,15,16,17). The minimum absolute atomic E-state index is 0.137. The van der Waals surface area contributed by atoms with Crippen molar-refractivity contribution in [3.63, 3.8) is 0 Å². The maximum Gasteiger partial charge on any atom is 0.404 e. The third-order valence-electron chi connectivity index (χ3n) is 2.86. The van der Waals surface area contributed by atoms with Crippen LogP contribution in [0.25, 0.3) is 0 Å². The predicted molar refractivity (Wildman–Crippen MR) is 74.9 cm³/mol. The highest BCUT2D eigenvalue weighted by molar-refractivity contribution is 6.28. The Labute approximate surface area is 121 Å². The van der Waals surface area contributed by atoms with Gasteiger partial charge in [-0.15, -0.1) is 0 Å². The van der Waals surface area contributed by atoms with Crippen LogP contribution in [0.1, 0.15) is 19.3 Å². The van der Waals surface area contributed by atoms with Gasteiger partial charge in [-0.1, -0.05) is 0 Å². The quantitative estimate of drug-likeness (QED) is 0.782. The van der Waals surface area contributed by atoms with E-state index in [1.54, 1.807) is 0 Å². The topological polar surface area (TPSA) is 106 Å². The van der Waals surface area contributed by atoms with Gasteiger partial charge in [0, 0.05) is 13.1 Å². The first kappa shape index (κ1) is 14.6. The fraction of sp³-hybridized carbons (Fsp3) is 0.636. The smallest absolute Gasteiger partial charge is 0.404 e. The minimum Gasteiger partial charge on any atom is -0.448 e. The van der Waals surface area contributed by atoms with Crippen molar-refractivity contribution in [1.29, 1.82) is 0 Å². The van der Waals surface area contributed by atoms with E-state index in [0.717, 1.165) is 25.9 Å². The summed E-state index contributed by atoms with van der Waals surface area (Å²) in [6.45, 7) is 2.33. The Morgan fingerprint density at radius 3 is 2.75 bits per heavy atom. The Morgan fingerprint density at radius 2 is 2.05 bits per heavy atom. The van der Waals surface area contributed by atoms with Crippen molar-refractivity contribution in [1.82, 2.24) is 15.0 Å². The molecule has 1 fully saturated rings. The fourth-order valence-corrected chi connectivity index (χ4v) is 2.12. The summed E-state index contributed by atoms with van der Waals surface area (Å²) < 4.78 is 4.60. The zero-order valence-electron chi connectivity index (χ0n) is 11.0. The lowest BCUT2D eigenvalue weighted by atomic mass is 10.1. The Morgan fingerprint density at radius 1 is 1.30 bits per heavy atom. The fourth-order valence-electron chi connectivity index (χ4n) is 1.97. The van der Waals surface area contributed by atoms with Crippen LogP contribution in [0, 0.1) is 0 Å². The molecule has 0 radical (unpaired) electrons. The van der Waals surface area contributed by atoms with Gasteiger partial charge in [0.05, 0.1) is 6.54 Å². The van der Waals surface area contributed by atoms with Crippen LogP contribution in [-0.2, 0) is 4.74 Å². The summed E-state index contributed by atoms with van der Waals surface area (Å²) >= 11 is 5.90. The molecule has 1 amide bonds. The second-order valence-corrected chi connectivity index (χ2v) is 4.71. The van der Waals surface area contributed by atoms with Crippen LogP contribution in [0.4, 0.5) is 16.7 Å². The molecule has 1 aromatic rings. The largest absolute Gasteiger partial charge is 0.448 e. The number of nitrogens with one attached hydrogen (secondary N) is 1. The van der Waals surface area contributed by atoms with Crippen molar-refractivity contribution < 1.29 is 9.53 Å². The third-order valence-corrected chi connectivity index (χ3v) is 3.03. The molecule has 9 heteroatoms. The number of carbonyl (C=O) groups is 1. The number of nitrogens with two attached hydrogens (primary N) is 1. The van der Waals surface area contributed by atoms with Gasteiger partial charge in [0.25, 0.3) is 0 Å². The third kappa shape index (κ3) is 4.37. The maximum atomic E-state index is 10.4. The Hall–Kier alpha value is -1.83. The molecule has 1 aromatic heterocycles. The number of ether oxygens (including phenoxy) is 1. The molecule has 8 nitrogen and oxygen atoms in total. The van der Waals surface area contributed by atoms with Crippen molar-refractivity contribution in [2.45, 2.75) is 19.3 Å². The summed E-state index contributed by atoms with van der Waals surface area (Å²) in [6.07, 6.45) is 2.66. The molecule has 0 bridgehead atoms.